The Morgan fingerprint density at radius 1 is 0.304 bits per heavy atom. The van der Waals surface area contributed by atoms with E-state index in [-0.39, 0.29) is 0 Å². The van der Waals surface area contributed by atoms with Gasteiger partial charge in [-0.15, -0.1) is 0 Å². The molecule has 2 heterocycles. The van der Waals surface area contributed by atoms with Gasteiger partial charge in [0.05, 0.1) is 11.0 Å². The van der Waals surface area contributed by atoms with Crippen LogP contribution in [0.25, 0.3) is 60.2 Å². The molecular formula is C52H35N3O. The second-order valence-electron chi connectivity index (χ2n) is 14.2. The SMILES string of the molecule is c1ccc(N(c2cccc(-n3c4ccc(N(c5ccccc5)c5ccccc5)cc4c4cc5oc6ccccc6c5cc43)c2)c2ccc3ccccc3c2)cc1. The van der Waals surface area contributed by atoms with Crippen LogP contribution in [0.15, 0.2) is 217 Å². The molecule has 11 rings (SSSR count). The zero-order valence-electron chi connectivity index (χ0n) is 30.5. The molecule has 2 aromatic heterocycles. The van der Waals surface area contributed by atoms with Gasteiger partial charge in [-0.3, -0.25) is 0 Å². The van der Waals surface area contributed by atoms with Crippen LogP contribution in [0.3, 0.4) is 0 Å². The van der Waals surface area contributed by atoms with Gasteiger partial charge in [-0.1, -0.05) is 109 Å². The average molecular weight is 718 g/mol. The van der Waals surface area contributed by atoms with E-state index >= 15 is 0 Å². The maximum Gasteiger partial charge on any atom is 0.136 e. The highest BCUT2D eigenvalue weighted by Crippen LogP contribution is 2.43. The van der Waals surface area contributed by atoms with Gasteiger partial charge >= 0.3 is 0 Å². The second-order valence-corrected chi connectivity index (χ2v) is 14.2. The molecule has 0 bridgehead atoms. The Hall–Kier alpha value is -7.56. The first-order valence-corrected chi connectivity index (χ1v) is 19.0. The molecule has 0 aliphatic heterocycles. The van der Waals surface area contributed by atoms with Crippen LogP contribution in [-0.4, -0.2) is 4.57 Å². The smallest absolute Gasteiger partial charge is 0.136 e. The van der Waals surface area contributed by atoms with Crippen LogP contribution in [0.1, 0.15) is 0 Å². The number of hydrogen-bond donors (Lipinski definition) is 0. The number of para-hydroxylation sites is 4. The molecule has 0 N–H and O–H groups in total. The Labute approximate surface area is 324 Å². The number of hydrogen-bond acceptors (Lipinski definition) is 3. The molecule has 0 fully saturated rings. The van der Waals surface area contributed by atoms with E-state index < -0.39 is 0 Å². The van der Waals surface area contributed by atoms with Gasteiger partial charge < -0.3 is 18.8 Å². The van der Waals surface area contributed by atoms with Crippen LogP contribution in [0, 0.1) is 0 Å². The Morgan fingerprint density at radius 2 is 0.857 bits per heavy atom. The van der Waals surface area contributed by atoms with Crippen molar-refractivity contribution in [2.24, 2.45) is 0 Å². The lowest BCUT2D eigenvalue weighted by Gasteiger charge is -2.26. The molecule has 4 nitrogen and oxygen atoms in total. The number of rotatable bonds is 7. The topological polar surface area (TPSA) is 24.6 Å². The molecule has 56 heavy (non-hydrogen) atoms. The standard InChI is InChI=1S/C52H35N3O/c1-4-17-38(18-5-1)53(39-19-6-2-7-20-39)44-29-30-49-46(33-44)47-35-52-48(45-25-12-13-26-51(45)56-52)34-50(47)55(49)42-24-14-23-41(32-42)54(40-21-8-3-9-22-40)43-28-27-36-15-10-11-16-37(36)31-43/h1-35H. The zero-order chi connectivity index (χ0) is 37.0. The van der Waals surface area contributed by atoms with Gasteiger partial charge in [0.25, 0.3) is 0 Å². The number of aromatic nitrogens is 1. The van der Waals surface area contributed by atoms with Crippen molar-refractivity contribution in [2.45, 2.75) is 0 Å². The fourth-order valence-corrected chi connectivity index (χ4v) is 8.36. The van der Waals surface area contributed by atoms with Crippen molar-refractivity contribution in [3.8, 4) is 5.69 Å². The number of anilines is 6. The van der Waals surface area contributed by atoms with Crippen LogP contribution in [0.4, 0.5) is 34.1 Å². The predicted octanol–water partition coefficient (Wildman–Crippen LogP) is 14.8. The summed E-state index contributed by atoms with van der Waals surface area (Å²) in [5, 5.41) is 6.92. The molecule has 0 saturated heterocycles. The summed E-state index contributed by atoms with van der Waals surface area (Å²) in [6.07, 6.45) is 0. The molecular weight excluding hydrogens is 683 g/mol. The summed E-state index contributed by atoms with van der Waals surface area (Å²) in [6, 6.07) is 75.7. The van der Waals surface area contributed by atoms with E-state index in [0.717, 1.165) is 83.6 Å². The number of benzene rings is 9. The summed E-state index contributed by atoms with van der Waals surface area (Å²) < 4.78 is 8.91. The number of furan rings is 1. The first-order chi connectivity index (χ1) is 27.8. The van der Waals surface area contributed by atoms with E-state index in [1.165, 1.54) is 10.8 Å². The van der Waals surface area contributed by atoms with Gasteiger partial charge in [0.15, 0.2) is 0 Å². The first-order valence-electron chi connectivity index (χ1n) is 19.0. The molecule has 0 saturated carbocycles. The van der Waals surface area contributed by atoms with Gasteiger partial charge in [0.1, 0.15) is 11.2 Å². The first kappa shape index (κ1) is 31.9. The molecule has 0 aliphatic rings. The number of fused-ring (bicyclic) bond motifs is 7. The van der Waals surface area contributed by atoms with Gasteiger partial charge in [-0.25, -0.2) is 0 Å². The van der Waals surface area contributed by atoms with Crippen molar-refractivity contribution in [1.82, 2.24) is 4.57 Å². The van der Waals surface area contributed by atoms with E-state index in [1.54, 1.807) is 0 Å². The molecule has 0 unspecified atom stereocenters. The van der Waals surface area contributed by atoms with E-state index in [2.05, 4.69) is 221 Å². The predicted molar refractivity (Wildman–Crippen MR) is 235 cm³/mol. The molecule has 264 valence electrons. The quantitative estimate of drug-likeness (QED) is 0.164. The highest BCUT2D eigenvalue weighted by Gasteiger charge is 2.21. The molecule has 0 aliphatic carbocycles. The van der Waals surface area contributed by atoms with Crippen molar-refractivity contribution in [2.75, 3.05) is 9.80 Å². The largest absolute Gasteiger partial charge is 0.456 e. The van der Waals surface area contributed by atoms with Gasteiger partial charge in [0.2, 0.25) is 0 Å². The lowest BCUT2D eigenvalue weighted by Crippen LogP contribution is -2.10. The lowest BCUT2D eigenvalue weighted by atomic mass is 10.1. The highest BCUT2D eigenvalue weighted by molar-refractivity contribution is 6.17. The van der Waals surface area contributed by atoms with E-state index in [9.17, 15) is 0 Å². The molecule has 0 amide bonds. The van der Waals surface area contributed by atoms with E-state index in [4.69, 9.17) is 4.42 Å². The average Bonchev–Trinajstić information content (AvgIpc) is 3.78. The van der Waals surface area contributed by atoms with Crippen molar-refractivity contribution >= 4 is 88.6 Å². The molecule has 11 aromatic rings. The van der Waals surface area contributed by atoms with E-state index in [1.807, 2.05) is 6.07 Å². The minimum atomic E-state index is 0.881. The number of nitrogens with zero attached hydrogens (tertiary/aromatic N) is 3. The fraction of sp³-hybridized carbons (Fsp3) is 0. The second kappa shape index (κ2) is 13.1. The van der Waals surface area contributed by atoms with Crippen LogP contribution in [0.5, 0.6) is 0 Å². The Kier molecular flexibility index (Phi) is 7.46. The highest BCUT2D eigenvalue weighted by atomic mass is 16.3. The van der Waals surface area contributed by atoms with Gasteiger partial charge in [-0.2, -0.15) is 0 Å². The Balaban J connectivity index is 1.16. The fourth-order valence-electron chi connectivity index (χ4n) is 8.36. The summed E-state index contributed by atoms with van der Waals surface area (Å²) in [7, 11) is 0. The monoisotopic (exact) mass is 717 g/mol. The zero-order valence-corrected chi connectivity index (χ0v) is 30.5. The van der Waals surface area contributed by atoms with Crippen molar-refractivity contribution < 1.29 is 4.42 Å². The molecule has 0 spiro atoms. The summed E-state index contributed by atoms with van der Waals surface area (Å²) in [5.74, 6) is 0. The van der Waals surface area contributed by atoms with Crippen molar-refractivity contribution in [1.29, 1.82) is 0 Å². The maximum atomic E-state index is 6.49. The van der Waals surface area contributed by atoms with Crippen molar-refractivity contribution in [3.63, 3.8) is 0 Å². The third kappa shape index (κ3) is 5.31. The molecule has 9 aromatic carbocycles. The molecule has 4 heteroatoms. The summed E-state index contributed by atoms with van der Waals surface area (Å²) >= 11 is 0. The third-order valence-electron chi connectivity index (χ3n) is 10.9. The van der Waals surface area contributed by atoms with Crippen LogP contribution >= 0.6 is 0 Å². The summed E-state index contributed by atoms with van der Waals surface area (Å²) in [4.78, 5) is 4.67. The molecule has 0 radical (unpaired) electrons. The van der Waals surface area contributed by atoms with Gasteiger partial charge in [-0.05, 0) is 114 Å². The summed E-state index contributed by atoms with van der Waals surface area (Å²) in [5.41, 5.74) is 11.6. The lowest BCUT2D eigenvalue weighted by molar-refractivity contribution is 0.669. The van der Waals surface area contributed by atoms with Crippen molar-refractivity contribution in [3.05, 3.63) is 212 Å². The third-order valence-corrected chi connectivity index (χ3v) is 10.9. The minimum absolute atomic E-state index is 0.881. The molecule has 0 atom stereocenters. The van der Waals surface area contributed by atoms with E-state index in [0.29, 0.717) is 0 Å². The van der Waals surface area contributed by atoms with Gasteiger partial charge in [0, 0.05) is 61.4 Å². The minimum Gasteiger partial charge on any atom is -0.456 e. The van der Waals surface area contributed by atoms with Crippen LogP contribution in [-0.2, 0) is 0 Å². The normalized spacial score (nSPS) is 11.6. The Bertz CT molecular complexity index is 3160. The van der Waals surface area contributed by atoms with Crippen LogP contribution < -0.4 is 9.80 Å². The Morgan fingerprint density at radius 3 is 1.59 bits per heavy atom. The summed E-state index contributed by atoms with van der Waals surface area (Å²) in [6.45, 7) is 0. The maximum absolute atomic E-state index is 6.49. The van der Waals surface area contributed by atoms with Crippen LogP contribution in [0.2, 0.25) is 0 Å².